The van der Waals surface area contributed by atoms with Crippen LogP contribution < -0.4 is 25.7 Å². The molecule has 4 aromatic rings. The van der Waals surface area contributed by atoms with Crippen molar-refractivity contribution in [1.29, 1.82) is 5.26 Å². The van der Waals surface area contributed by atoms with Crippen molar-refractivity contribution in [3.05, 3.63) is 80.7 Å². The molecular weight excluding hydrogens is 580 g/mol. The van der Waals surface area contributed by atoms with Crippen molar-refractivity contribution in [3.63, 3.8) is 0 Å². The third-order valence-corrected chi connectivity index (χ3v) is 7.19. The Morgan fingerprint density at radius 1 is 1.11 bits per heavy atom. The highest BCUT2D eigenvalue weighted by Gasteiger charge is 2.20. The lowest BCUT2D eigenvalue weighted by Crippen LogP contribution is -2.41. The predicted octanol–water partition coefficient (Wildman–Crippen LogP) is 5.63. The number of nitrogens with one attached hydrogen (secondary N) is 2. The van der Waals surface area contributed by atoms with Gasteiger partial charge in [0.25, 0.3) is 11.5 Å². The van der Waals surface area contributed by atoms with Crippen molar-refractivity contribution in [2.45, 2.75) is 45.7 Å². The number of fused-ring (bicyclic) bond motifs is 1. The van der Waals surface area contributed by atoms with E-state index >= 15 is 0 Å². The van der Waals surface area contributed by atoms with Crippen molar-refractivity contribution in [3.8, 4) is 28.7 Å². The van der Waals surface area contributed by atoms with E-state index in [1.807, 2.05) is 51.1 Å². The largest absolute Gasteiger partial charge is 0.497 e. The number of aryl methyl sites for hydroxylation is 2. The first-order valence-electron chi connectivity index (χ1n) is 14.0. The molecule has 10 nitrogen and oxygen atoms in total. The number of nitriles is 1. The fourth-order valence-corrected chi connectivity index (χ4v) is 4.95. The standard InChI is InChI=1S/C33H35ClN6O4/c1-33(2,3)39-30(41)22(18-35)14-21-11-9-20(10-12-21)8-7-13-40-29-23(19-37-32(36-4)38-29)15-26(31(40)42)25-16-24(43-5)17-27(44-6)28(25)34/h9-12,14-17,19H,7-8,13H2,1-6H3,(H,39,41)(H,36,37,38)/b22-14-. The Morgan fingerprint density at radius 3 is 2.45 bits per heavy atom. The zero-order valence-electron chi connectivity index (χ0n) is 25.6. The molecule has 0 aliphatic carbocycles. The molecule has 0 radical (unpaired) electrons. The van der Waals surface area contributed by atoms with Gasteiger partial charge in [0.1, 0.15) is 28.8 Å². The first-order valence-corrected chi connectivity index (χ1v) is 14.4. The second kappa shape index (κ2) is 13.6. The molecule has 1 amide bonds. The van der Waals surface area contributed by atoms with Gasteiger partial charge in [0.2, 0.25) is 5.95 Å². The minimum atomic E-state index is -0.447. The lowest BCUT2D eigenvalue weighted by atomic mass is 10.0. The summed E-state index contributed by atoms with van der Waals surface area (Å²) in [5.74, 6) is 0.881. The Hall–Kier alpha value is -4.88. The van der Waals surface area contributed by atoms with Gasteiger partial charge in [0, 0.05) is 47.9 Å². The third-order valence-electron chi connectivity index (χ3n) is 6.80. The Bertz CT molecular complexity index is 1820. The summed E-state index contributed by atoms with van der Waals surface area (Å²) in [5.41, 5.74) is 2.48. The summed E-state index contributed by atoms with van der Waals surface area (Å²) < 4.78 is 12.5. The highest BCUT2D eigenvalue weighted by atomic mass is 35.5. The third kappa shape index (κ3) is 7.36. The van der Waals surface area contributed by atoms with E-state index in [-0.39, 0.29) is 11.1 Å². The molecule has 0 atom stereocenters. The Labute approximate surface area is 261 Å². The molecule has 228 valence electrons. The van der Waals surface area contributed by atoms with Gasteiger partial charge in [0.05, 0.1) is 19.2 Å². The number of hydrogen-bond acceptors (Lipinski definition) is 8. The first kappa shape index (κ1) is 32.0. The van der Waals surface area contributed by atoms with Gasteiger partial charge in [-0.15, -0.1) is 0 Å². The molecule has 0 saturated carbocycles. The number of carbonyl (C=O) groups is 1. The zero-order valence-corrected chi connectivity index (χ0v) is 26.4. The number of benzene rings is 2. The number of nitrogens with zero attached hydrogens (tertiary/aromatic N) is 4. The fourth-order valence-electron chi connectivity index (χ4n) is 4.66. The topological polar surface area (TPSA) is 131 Å². The molecule has 2 aromatic carbocycles. The number of hydrogen-bond donors (Lipinski definition) is 2. The van der Waals surface area contributed by atoms with Gasteiger partial charge in [-0.05, 0) is 62.9 Å². The summed E-state index contributed by atoms with van der Waals surface area (Å²) in [6.45, 7) is 5.97. The van der Waals surface area contributed by atoms with Crippen LogP contribution in [0.2, 0.25) is 5.02 Å². The molecule has 4 rings (SSSR count). The van der Waals surface area contributed by atoms with Gasteiger partial charge < -0.3 is 20.1 Å². The van der Waals surface area contributed by atoms with Gasteiger partial charge >= 0.3 is 0 Å². The van der Waals surface area contributed by atoms with E-state index in [9.17, 15) is 14.9 Å². The van der Waals surface area contributed by atoms with E-state index in [0.717, 1.165) is 11.1 Å². The number of pyridine rings is 1. The van der Waals surface area contributed by atoms with Crippen LogP contribution in [-0.2, 0) is 17.8 Å². The summed E-state index contributed by atoms with van der Waals surface area (Å²) in [6.07, 6.45) is 4.55. The first-order chi connectivity index (χ1) is 21.0. The van der Waals surface area contributed by atoms with Gasteiger partial charge in [-0.1, -0.05) is 35.9 Å². The van der Waals surface area contributed by atoms with Crippen molar-refractivity contribution in [1.82, 2.24) is 19.9 Å². The number of methoxy groups -OCH3 is 2. The highest BCUT2D eigenvalue weighted by Crippen LogP contribution is 2.38. The summed E-state index contributed by atoms with van der Waals surface area (Å²) in [4.78, 5) is 35.3. The lowest BCUT2D eigenvalue weighted by molar-refractivity contribution is -0.118. The minimum Gasteiger partial charge on any atom is -0.497 e. The Kier molecular flexibility index (Phi) is 9.91. The second-order valence-electron chi connectivity index (χ2n) is 11.1. The van der Waals surface area contributed by atoms with E-state index in [1.54, 1.807) is 42.1 Å². The van der Waals surface area contributed by atoms with Crippen LogP contribution in [0.5, 0.6) is 11.5 Å². The van der Waals surface area contributed by atoms with Crippen molar-refractivity contribution >= 4 is 40.6 Å². The molecule has 0 saturated heterocycles. The molecule has 0 bridgehead atoms. The summed E-state index contributed by atoms with van der Waals surface area (Å²) in [7, 11) is 4.76. The molecular formula is C33H35ClN6O4. The lowest BCUT2D eigenvalue weighted by Gasteiger charge is -2.20. The molecule has 0 unspecified atom stereocenters. The smallest absolute Gasteiger partial charge is 0.262 e. The van der Waals surface area contributed by atoms with Crippen molar-refractivity contribution in [2.24, 2.45) is 0 Å². The van der Waals surface area contributed by atoms with Crippen LogP contribution in [-0.4, -0.2) is 47.2 Å². The number of ether oxygens (including phenoxy) is 2. The highest BCUT2D eigenvalue weighted by molar-refractivity contribution is 6.35. The molecule has 2 aromatic heterocycles. The van der Waals surface area contributed by atoms with Gasteiger partial charge in [-0.2, -0.15) is 10.2 Å². The van der Waals surface area contributed by atoms with Crippen LogP contribution in [0.1, 0.15) is 38.3 Å². The molecule has 44 heavy (non-hydrogen) atoms. The average Bonchev–Trinajstić information content (AvgIpc) is 3.00. The van der Waals surface area contributed by atoms with Crippen LogP contribution >= 0.6 is 11.6 Å². The molecule has 2 heterocycles. The van der Waals surface area contributed by atoms with E-state index in [4.69, 9.17) is 21.1 Å². The number of rotatable bonds is 10. The van der Waals surface area contributed by atoms with E-state index in [2.05, 4.69) is 20.6 Å². The van der Waals surface area contributed by atoms with Gasteiger partial charge in [-0.25, -0.2) is 4.98 Å². The fraction of sp³-hybridized carbons (Fsp3) is 0.303. The van der Waals surface area contributed by atoms with E-state index in [1.165, 1.54) is 14.2 Å². The van der Waals surface area contributed by atoms with Crippen molar-refractivity contribution < 1.29 is 14.3 Å². The zero-order chi connectivity index (χ0) is 32.0. The monoisotopic (exact) mass is 614 g/mol. The van der Waals surface area contributed by atoms with Crippen molar-refractivity contribution in [2.75, 3.05) is 26.6 Å². The SMILES string of the molecule is CNc1ncc2cc(-c3cc(OC)cc(OC)c3Cl)c(=O)n(CCCc3ccc(/C=C(/C#N)C(=O)NC(C)(C)C)cc3)c2n1. The van der Waals surface area contributed by atoms with Gasteiger partial charge in [0.15, 0.2) is 0 Å². The molecule has 0 aliphatic heterocycles. The molecule has 0 spiro atoms. The molecule has 2 N–H and O–H groups in total. The van der Waals surface area contributed by atoms with E-state index < -0.39 is 11.4 Å². The number of amides is 1. The summed E-state index contributed by atoms with van der Waals surface area (Å²) >= 11 is 6.66. The number of carbonyl (C=O) groups excluding carboxylic acids is 1. The molecule has 0 aliphatic rings. The molecule has 0 fully saturated rings. The number of anilines is 1. The van der Waals surface area contributed by atoms with Crippen LogP contribution in [0.15, 0.2) is 59.0 Å². The molecule has 11 heteroatoms. The van der Waals surface area contributed by atoms with Crippen LogP contribution in [0.25, 0.3) is 28.2 Å². The van der Waals surface area contributed by atoms with E-state index in [0.29, 0.717) is 64.0 Å². The van der Waals surface area contributed by atoms with Crippen LogP contribution in [0, 0.1) is 11.3 Å². The normalized spacial score (nSPS) is 11.6. The minimum absolute atomic E-state index is 0.0375. The van der Waals surface area contributed by atoms with Crippen LogP contribution in [0.4, 0.5) is 5.95 Å². The number of aromatic nitrogens is 3. The Balaban J connectivity index is 1.63. The summed E-state index contributed by atoms with van der Waals surface area (Å²) in [5, 5.41) is 16.2. The quantitative estimate of drug-likeness (QED) is 0.174. The maximum Gasteiger partial charge on any atom is 0.262 e. The maximum atomic E-state index is 14.0. The Morgan fingerprint density at radius 2 is 1.84 bits per heavy atom. The average molecular weight is 615 g/mol. The summed E-state index contributed by atoms with van der Waals surface area (Å²) in [6, 6.07) is 14.7. The number of halogens is 1. The predicted molar refractivity (Wildman–Crippen MR) is 173 cm³/mol. The van der Waals surface area contributed by atoms with Gasteiger partial charge in [-0.3, -0.25) is 14.2 Å². The van der Waals surface area contributed by atoms with Crippen LogP contribution in [0.3, 0.4) is 0 Å². The second-order valence-corrected chi connectivity index (χ2v) is 11.5. The maximum absolute atomic E-state index is 14.0.